The van der Waals surface area contributed by atoms with E-state index in [1.807, 2.05) is 6.92 Å². The predicted octanol–water partition coefficient (Wildman–Crippen LogP) is 3.10. The summed E-state index contributed by atoms with van der Waals surface area (Å²) in [5.41, 5.74) is 0.488. The maximum atomic E-state index is 12.6. The Morgan fingerprint density at radius 2 is 1.96 bits per heavy atom. The van der Waals surface area contributed by atoms with Crippen LogP contribution in [0.4, 0.5) is 28.4 Å². The first-order chi connectivity index (χ1) is 12.8. The molecule has 0 aromatic heterocycles. The number of nitrogens with one attached hydrogen (secondary N) is 1. The van der Waals surface area contributed by atoms with Gasteiger partial charge in [-0.05, 0) is 30.7 Å². The number of amides is 3. The number of carbonyl (C=O) groups excluding carboxylic acids is 2. The van der Waals surface area contributed by atoms with Gasteiger partial charge in [0.15, 0.2) is 0 Å². The summed E-state index contributed by atoms with van der Waals surface area (Å²) in [7, 11) is 0. The second kappa shape index (κ2) is 7.53. The van der Waals surface area contributed by atoms with Crippen LogP contribution in [-0.2, 0) is 4.74 Å². The summed E-state index contributed by atoms with van der Waals surface area (Å²) in [5.74, 6) is -0.343. The molecule has 2 fully saturated rings. The summed E-state index contributed by atoms with van der Waals surface area (Å²) in [6.07, 6.45) is -4.29. The number of fused-ring (bicyclic) bond motifs is 1. The Morgan fingerprint density at radius 3 is 2.56 bits per heavy atom. The molecule has 0 radical (unpaired) electrons. The molecule has 2 aliphatic heterocycles. The summed E-state index contributed by atoms with van der Waals surface area (Å²) < 4.78 is 45.8. The molecule has 0 bridgehead atoms. The van der Waals surface area contributed by atoms with Crippen LogP contribution in [0.15, 0.2) is 24.3 Å². The number of hydrogen-bond acceptors (Lipinski definition) is 4. The van der Waals surface area contributed by atoms with Crippen LogP contribution in [0, 0.1) is 0 Å². The van der Waals surface area contributed by atoms with Crippen LogP contribution in [0.3, 0.4) is 0 Å². The zero-order valence-corrected chi connectivity index (χ0v) is 14.7. The highest BCUT2D eigenvalue weighted by Crippen LogP contribution is 2.33. The Kier molecular flexibility index (Phi) is 5.33. The molecule has 7 nitrogen and oxygen atoms in total. The Balaban J connectivity index is 1.57. The second-order valence-corrected chi connectivity index (χ2v) is 6.43. The Labute approximate surface area is 154 Å². The average Bonchev–Trinajstić information content (AvgIpc) is 3.11. The second-order valence-electron chi connectivity index (χ2n) is 6.43. The zero-order chi connectivity index (χ0) is 19.6. The SMILES string of the molecule is CCCNC(=O)O[C@@H]1C[C@H]2CN(c3ccc(OC(F)(F)F)cc3)C(=O)N2C1. The van der Waals surface area contributed by atoms with Crippen molar-refractivity contribution in [3.05, 3.63) is 24.3 Å². The van der Waals surface area contributed by atoms with Crippen LogP contribution >= 0.6 is 0 Å². The van der Waals surface area contributed by atoms with Gasteiger partial charge in [0.05, 0.1) is 12.6 Å². The predicted molar refractivity (Wildman–Crippen MR) is 89.5 cm³/mol. The molecule has 0 saturated carbocycles. The van der Waals surface area contributed by atoms with Crippen molar-refractivity contribution >= 4 is 17.8 Å². The van der Waals surface area contributed by atoms with Crippen molar-refractivity contribution in [1.82, 2.24) is 10.2 Å². The quantitative estimate of drug-likeness (QED) is 0.843. The third-order valence-electron chi connectivity index (χ3n) is 4.42. The lowest BCUT2D eigenvalue weighted by atomic mass is 10.2. The van der Waals surface area contributed by atoms with Gasteiger partial charge in [0.1, 0.15) is 11.9 Å². The average molecular weight is 387 g/mol. The van der Waals surface area contributed by atoms with E-state index in [1.165, 1.54) is 29.2 Å². The number of anilines is 1. The first-order valence-electron chi connectivity index (χ1n) is 8.65. The minimum Gasteiger partial charge on any atom is -0.444 e. The fourth-order valence-corrected chi connectivity index (χ4v) is 3.27. The number of rotatable bonds is 5. The Bertz CT molecular complexity index is 696. The molecule has 3 amide bonds. The Hall–Kier alpha value is -2.65. The number of carbonyl (C=O) groups is 2. The fourth-order valence-electron chi connectivity index (χ4n) is 3.27. The third-order valence-corrected chi connectivity index (χ3v) is 4.42. The first kappa shape index (κ1) is 19.1. The number of benzene rings is 1. The summed E-state index contributed by atoms with van der Waals surface area (Å²) in [4.78, 5) is 27.3. The van der Waals surface area contributed by atoms with Crippen molar-refractivity contribution in [2.24, 2.45) is 0 Å². The number of urea groups is 1. The van der Waals surface area contributed by atoms with Gasteiger partial charge in [0, 0.05) is 25.2 Å². The van der Waals surface area contributed by atoms with Gasteiger partial charge >= 0.3 is 18.5 Å². The van der Waals surface area contributed by atoms with Crippen LogP contribution in [0.25, 0.3) is 0 Å². The summed E-state index contributed by atoms with van der Waals surface area (Å²) in [6.45, 7) is 3.14. The zero-order valence-electron chi connectivity index (χ0n) is 14.7. The number of hydrogen-bond donors (Lipinski definition) is 1. The maximum absolute atomic E-state index is 12.6. The van der Waals surface area contributed by atoms with Gasteiger partial charge in [0.2, 0.25) is 0 Å². The molecule has 0 unspecified atom stereocenters. The lowest BCUT2D eigenvalue weighted by Crippen LogP contribution is -2.36. The van der Waals surface area contributed by atoms with Crippen LogP contribution in [0.1, 0.15) is 19.8 Å². The number of nitrogens with zero attached hydrogens (tertiary/aromatic N) is 2. The minimum atomic E-state index is -4.76. The van der Waals surface area contributed by atoms with E-state index in [2.05, 4.69) is 10.1 Å². The van der Waals surface area contributed by atoms with Crippen LogP contribution in [0.2, 0.25) is 0 Å². The highest BCUT2D eigenvalue weighted by molar-refractivity contribution is 5.95. The molecule has 2 saturated heterocycles. The van der Waals surface area contributed by atoms with E-state index >= 15 is 0 Å². The number of alkyl halides is 3. The number of alkyl carbamates (subject to hydrolysis) is 1. The van der Waals surface area contributed by atoms with E-state index in [9.17, 15) is 22.8 Å². The molecule has 1 N–H and O–H groups in total. The number of ether oxygens (including phenoxy) is 2. The molecule has 1 aromatic rings. The first-order valence-corrected chi connectivity index (χ1v) is 8.65. The van der Waals surface area contributed by atoms with E-state index in [4.69, 9.17) is 4.74 Å². The molecule has 10 heteroatoms. The molecule has 27 heavy (non-hydrogen) atoms. The summed E-state index contributed by atoms with van der Waals surface area (Å²) in [6, 6.07) is 4.80. The molecule has 2 aliphatic rings. The monoisotopic (exact) mass is 387 g/mol. The largest absolute Gasteiger partial charge is 0.573 e. The highest BCUT2D eigenvalue weighted by Gasteiger charge is 2.45. The molecule has 2 atom stereocenters. The van der Waals surface area contributed by atoms with Crippen LogP contribution in [-0.4, -0.2) is 55.2 Å². The van der Waals surface area contributed by atoms with E-state index < -0.39 is 12.5 Å². The van der Waals surface area contributed by atoms with Crippen molar-refractivity contribution in [1.29, 1.82) is 0 Å². The minimum absolute atomic E-state index is 0.104. The standard InChI is InChI=1S/C17H20F3N3O4/c1-2-7-21-15(24)26-14-8-12-9-22(16(25)23(12)10-14)11-3-5-13(6-4-11)27-17(18,19)20/h3-6,12,14H,2,7-10H2,1H3,(H,21,24)/t12-,14+/m0/s1. The molecule has 0 aliphatic carbocycles. The van der Waals surface area contributed by atoms with Gasteiger partial charge in [-0.25, -0.2) is 9.59 Å². The van der Waals surface area contributed by atoms with Crippen molar-refractivity contribution in [2.75, 3.05) is 24.5 Å². The van der Waals surface area contributed by atoms with E-state index in [0.717, 1.165) is 6.42 Å². The van der Waals surface area contributed by atoms with Crippen molar-refractivity contribution in [2.45, 2.75) is 38.3 Å². The summed E-state index contributed by atoms with van der Waals surface area (Å²) >= 11 is 0. The van der Waals surface area contributed by atoms with Crippen molar-refractivity contribution < 1.29 is 32.2 Å². The molecule has 148 valence electrons. The normalized spacial score (nSPS) is 22.0. The molecular weight excluding hydrogens is 367 g/mol. The topological polar surface area (TPSA) is 71.1 Å². The lowest BCUT2D eigenvalue weighted by molar-refractivity contribution is -0.274. The van der Waals surface area contributed by atoms with E-state index in [-0.39, 0.29) is 23.9 Å². The highest BCUT2D eigenvalue weighted by atomic mass is 19.4. The maximum Gasteiger partial charge on any atom is 0.573 e. The fraction of sp³-hybridized carbons (Fsp3) is 0.529. The van der Waals surface area contributed by atoms with Gasteiger partial charge in [0.25, 0.3) is 0 Å². The number of halogens is 3. The smallest absolute Gasteiger partial charge is 0.444 e. The summed E-state index contributed by atoms with van der Waals surface area (Å²) in [5, 5.41) is 2.63. The molecule has 0 spiro atoms. The van der Waals surface area contributed by atoms with Gasteiger partial charge in [-0.2, -0.15) is 0 Å². The van der Waals surface area contributed by atoms with Gasteiger partial charge < -0.3 is 19.7 Å². The Morgan fingerprint density at radius 1 is 1.26 bits per heavy atom. The molecule has 2 heterocycles. The van der Waals surface area contributed by atoms with Crippen molar-refractivity contribution in [3.63, 3.8) is 0 Å². The molecular formula is C17H20F3N3O4. The van der Waals surface area contributed by atoms with Crippen LogP contribution in [0.5, 0.6) is 5.75 Å². The lowest BCUT2D eigenvalue weighted by Gasteiger charge is -2.20. The van der Waals surface area contributed by atoms with Crippen molar-refractivity contribution in [3.8, 4) is 5.75 Å². The molecule has 3 rings (SSSR count). The van der Waals surface area contributed by atoms with Gasteiger partial charge in [-0.1, -0.05) is 6.92 Å². The van der Waals surface area contributed by atoms with Gasteiger partial charge in [-0.15, -0.1) is 13.2 Å². The van der Waals surface area contributed by atoms with E-state index in [0.29, 0.717) is 31.7 Å². The molecule has 1 aromatic carbocycles. The van der Waals surface area contributed by atoms with Crippen LogP contribution < -0.4 is 15.0 Å². The van der Waals surface area contributed by atoms with E-state index in [1.54, 1.807) is 4.90 Å². The third kappa shape index (κ3) is 4.55. The van der Waals surface area contributed by atoms with Gasteiger partial charge in [-0.3, -0.25) is 4.90 Å².